The molecule has 1 saturated heterocycles. The van der Waals surface area contributed by atoms with Crippen LogP contribution in [0, 0.1) is 0 Å². The van der Waals surface area contributed by atoms with E-state index in [1.54, 1.807) is 7.05 Å². The quantitative estimate of drug-likeness (QED) is 0.446. The van der Waals surface area contributed by atoms with Gasteiger partial charge in [-0.3, -0.25) is 4.99 Å². The van der Waals surface area contributed by atoms with Crippen LogP contribution < -0.4 is 10.6 Å². The predicted molar refractivity (Wildman–Crippen MR) is 34.0 cm³/mol. The SMILES string of the molecule is CN=C1NC[C@@H](C)N1. The molecule has 3 heteroatoms. The lowest BCUT2D eigenvalue weighted by atomic mass is 10.4. The van der Waals surface area contributed by atoms with Gasteiger partial charge >= 0.3 is 0 Å². The Hall–Kier alpha value is -0.730. The maximum absolute atomic E-state index is 3.93. The Kier molecular flexibility index (Phi) is 1.37. The van der Waals surface area contributed by atoms with Crippen molar-refractivity contribution >= 4 is 5.96 Å². The summed E-state index contributed by atoms with van der Waals surface area (Å²) in [4.78, 5) is 3.93. The summed E-state index contributed by atoms with van der Waals surface area (Å²) in [6.45, 7) is 3.11. The van der Waals surface area contributed by atoms with Gasteiger partial charge < -0.3 is 10.6 Å². The van der Waals surface area contributed by atoms with Crippen molar-refractivity contribution in [2.24, 2.45) is 4.99 Å². The van der Waals surface area contributed by atoms with Crippen LogP contribution in [0.5, 0.6) is 0 Å². The topological polar surface area (TPSA) is 36.4 Å². The molecule has 0 aromatic heterocycles. The molecule has 0 aromatic rings. The fraction of sp³-hybridized carbons (Fsp3) is 0.800. The second kappa shape index (κ2) is 2.03. The van der Waals surface area contributed by atoms with Gasteiger partial charge in [-0.2, -0.15) is 0 Å². The van der Waals surface area contributed by atoms with E-state index in [1.165, 1.54) is 0 Å². The Morgan fingerprint density at radius 2 is 2.50 bits per heavy atom. The monoisotopic (exact) mass is 113 g/mol. The fourth-order valence-corrected chi connectivity index (χ4v) is 0.729. The summed E-state index contributed by atoms with van der Waals surface area (Å²) in [5.41, 5.74) is 0. The normalized spacial score (nSPS) is 32.2. The molecule has 46 valence electrons. The van der Waals surface area contributed by atoms with Gasteiger partial charge in [-0.05, 0) is 6.92 Å². The molecule has 1 rings (SSSR count). The summed E-state index contributed by atoms with van der Waals surface area (Å²) in [5.74, 6) is 0.914. The van der Waals surface area contributed by atoms with Crippen LogP contribution in [-0.2, 0) is 0 Å². The minimum atomic E-state index is 0.536. The summed E-state index contributed by atoms with van der Waals surface area (Å²) < 4.78 is 0. The van der Waals surface area contributed by atoms with Gasteiger partial charge in [0.05, 0.1) is 0 Å². The number of nitrogens with zero attached hydrogens (tertiary/aromatic N) is 1. The molecule has 0 bridgehead atoms. The van der Waals surface area contributed by atoms with Gasteiger partial charge in [0.1, 0.15) is 0 Å². The first-order chi connectivity index (χ1) is 3.83. The molecule has 0 amide bonds. The summed E-state index contributed by atoms with van der Waals surface area (Å²) >= 11 is 0. The van der Waals surface area contributed by atoms with Crippen LogP contribution in [0.25, 0.3) is 0 Å². The van der Waals surface area contributed by atoms with E-state index in [0.717, 1.165) is 12.5 Å². The molecule has 0 unspecified atom stereocenters. The standard InChI is InChI=1S/C5H11N3/c1-4-3-7-5(6-2)8-4/h4H,3H2,1-2H3,(H2,6,7,8)/t4-/m1/s1. The molecule has 8 heavy (non-hydrogen) atoms. The lowest BCUT2D eigenvalue weighted by Gasteiger charge is -1.96. The molecular formula is C5H11N3. The third-order valence-corrected chi connectivity index (χ3v) is 1.18. The lowest BCUT2D eigenvalue weighted by Crippen LogP contribution is -2.25. The number of guanidine groups is 1. The molecule has 1 aliphatic heterocycles. The van der Waals surface area contributed by atoms with Crippen LogP contribution in [-0.4, -0.2) is 25.6 Å². The fourth-order valence-electron chi connectivity index (χ4n) is 0.729. The van der Waals surface area contributed by atoms with Gasteiger partial charge in [0.2, 0.25) is 0 Å². The number of nitrogens with one attached hydrogen (secondary N) is 2. The number of hydrogen-bond donors (Lipinski definition) is 2. The maximum atomic E-state index is 3.93. The zero-order valence-electron chi connectivity index (χ0n) is 5.23. The van der Waals surface area contributed by atoms with E-state index in [4.69, 9.17) is 0 Å². The molecule has 1 fully saturated rings. The van der Waals surface area contributed by atoms with Gasteiger partial charge in [0.25, 0.3) is 0 Å². The van der Waals surface area contributed by atoms with Crippen molar-refractivity contribution in [3.8, 4) is 0 Å². The zero-order valence-corrected chi connectivity index (χ0v) is 5.23. The average molecular weight is 113 g/mol. The minimum absolute atomic E-state index is 0.536. The highest BCUT2D eigenvalue weighted by Gasteiger charge is 2.11. The molecule has 1 aliphatic rings. The first-order valence-corrected chi connectivity index (χ1v) is 2.80. The molecule has 0 spiro atoms. The Labute approximate surface area is 49.2 Å². The summed E-state index contributed by atoms with van der Waals surface area (Å²) in [7, 11) is 1.77. The number of aliphatic imine (C=N–C) groups is 1. The van der Waals surface area contributed by atoms with Gasteiger partial charge in [-0.1, -0.05) is 0 Å². The molecule has 0 aromatic carbocycles. The van der Waals surface area contributed by atoms with E-state index in [1.807, 2.05) is 0 Å². The summed E-state index contributed by atoms with van der Waals surface area (Å²) in [6.07, 6.45) is 0. The molecule has 0 aliphatic carbocycles. The Bertz CT molecular complexity index is 108. The Morgan fingerprint density at radius 3 is 2.75 bits per heavy atom. The van der Waals surface area contributed by atoms with Crippen LogP contribution >= 0.6 is 0 Å². The second-order valence-electron chi connectivity index (χ2n) is 2.00. The summed E-state index contributed by atoms with van der Waals surface area (Å²) in [6, 6.07) is 0.536. The van der Waals surface area contributed by atoms with Crippen molar-refractivity contribution < 1.29 is 0 Å². The first-order valence-electron chi connectivity index (χ1n) is 2.80. The largest absolute Gasteiger partial charge is 0.354 e. The maximum Gasteiger partial charge on any atom is 0.191 e. The minimum Gasteiger partial charge on any atom is -0.354 e. The molecule has 1 heterocycles. The number of rotatable bonds is 0. The van der Waals surface area contributed by atoms with E-state index in [-0.39, 0.29) is 0 Å². The Morgan fingerprint density at radius 1 is 1.75 bits per heavy atom. The second-order valence-corrected chi connectivity index (χ2v) is 2.00. The van der Waals surface area contributed by atoms with Gasteiger partial charge in [-0.25, -0.2) is 0 Å². The van der Waals surface area contributed by atoms with E-state index in [9.17, 15) is 0 Å². The van der Waals surface area contributed by atoms with Gasteiger partial charge in [0.15, 0.2) is 5.96 Å². The van der Waals surface area contributed by atoms with Crippen LogP contribution in [0.1, 0.15) is 6.92 Å². The highest BCUT2D eigenvalue weighted by molar-refractivity contribution is 5.81. The van der Waals surface area contributed by atoms with Crippen LogP contribution in [0.4, 0.5) is 0 Å². The average Bonchev–Trinajstić information content (AvgIpc) is 2.14. The van der Waals surface area contributed by atoms with Gasteiger partial charge in [-0.15, -0.1) is 0 Å². The molecule has 2 N–H and O–H groups in total. The molecule has 0 saturated carbocycles. The Balaban J connectivity index is 2.44. The predicted octanol–water partition coefficient (Wildman–Crippen LogP) is -0.447. The van der Waals surface area contributed by atoms with Crippen molar-refractivity contribution in [1.82, 2.24) is 10.6 Å². The highest BCUT2D eigenvalue weighted by atomic mass is 15.2. The van der Waals surface area contributed by atoms with Crippen molar-refractivity contribution in [2.75, 3.05) is 13.6 Å². The summed E-state index contributed by atoms with van der Waals surface area (Å²) in [5, 5.41) is 6.24. The highest BCUT2D eigenvalue weighted by Crippen LogP contribution is 1.85. The van der Waals surface area contributed by atoms with Crippen LogP contribution in [0.2, 0.25) is 0 Å². The third-order valence-electron chi connectivity index (χ3n) is 1.18. The van der Waals surface area contributed by atoms with E-state index < -0.39 is 0 Å². The van der Waals surface area contributed by atoms with E-state index in [0.29, 0.717) is 6.04 Å². The van der Waals surface area contributed by atoms with Crippen molar-refractivity contribution in [3.05, 3.63) is 0 Å². The molecule has 1 atom stereocenters. The van der Waals surface area contributed by atoms with E-state index >= 15 is 0 Å². The van der Waals surface area contributed by atoms with E-state index in [2.05, 4.69) is 22.5 Å². The zero-order chi connectivity index (χ0) is 5.98. The number of hydrogen-bond acceptors (Lipinski definition) is 1. The van der Waals surface area contributed by atoms with Crippen molar-refractivity contribution in [1.29, 1.82) is 0 Å². The van der Waals surface area contributed by atoms with Crippen molar-refractivity contribution in [3.63, 3.8) is 0 Å². The van der Waals surface area contributed by atoms with Crippen molar-refractivity contribution in [2.45, 2.75) is 13.0 Å². The first kappa shape index (κ1) is 5.41. The smallest absolute Gasteiger partial charge is 0.191 e. The van der Waals surface area contributed by atoms with Gasteiger partial charge in [0, 0.05) is 19.6 Å². The molecule has 0 radical (unpaired) electrons. The third kappa shape index (κ3) is 0.911. The molecule has 3 nitrogen and oxygen atoms in total. The lowest BCUT2D eigenvalue weighted by molar-refractivity contribution is 0.722. The van der Waals surface area contributed by atoms with Crippen LogP contribution in [0.15, 0.2) is 4.99 Å². The molecular weight excluding hydrogens is 102 g/mol. The van der Waals surface area contributed by atoms with Crippen LogP contribution in [0.3, 0.4) is 0 Å².